The molecule has 0 spiro atoms. The first kappa shape index (κ1) is 25.9. The summed E-state index contributed by atoms with van der Waals surface area (Å²) in [6.45, 7) is 4.19. The number of nitrogens with one attached hydrogen (secondary N) is 1. The van der Waals surface area contributed by atoms with Crippen LogP contribution in [0.25, 0.3) is 5.82 Å². The summed E-state index contributed by atoms with van der Waals surface area (Å²) in [5.74, 6) is -0.149. The van der Waals surface area contributed by atoms with Crippen LogP contribution in [0, 0.1) is 5.92 Å². The van der Waals surface area contributed by atoms with E-state index in [0.29, 0.717) is 55.7 Å². The molecule has 2 N–H and O–H groups in total. The third-order valence-electron chi connectivity index (χ3n) is 5.27. The Morgan fingerprint density at radius 3 is 2.60 bits per heavy atom. The Hall–Kier alpha value is -3.76. The number of aryl methyl sites for hydroxylation is 1. The predicted octanol–water partition coefficient (Wildman–Crippen LogP) is 4.25. The normalized spacial score (nSPS) is 12.4. The smallest absolute Gasteiger partial charge is 0.417 e. The number of hydrogen-bond acceptors (Lipinski definition) is 5. The first-order valence-corrected chi connectivity index (χ1v) is 11.0. The van der Waals surface area contributed by atoms with Crippen molar-refractivity contribution in [2.75, 3.05) is 13.2 Å². The summed E-state index contributed by atoms with van der Waals surface area (Å²) in [5.41, 5.74) is -0.00515. The number of benzene rings is 1. The highest BCUT2D eigenvalue weighted by molar-refractivity contribution is 5.70. The van der Waals surface area contributed by atoms with E-state index in [4.69, 9.17) is 14.6 Å². The monoisotopic (exact) mass is 493 g/mol. The van der Waals surface area contributed by atoms with E-state index in [1.807, 2.05) is 6.92 Å². The lowest BCUT2D eigenvalue weighted by Gasteiger charge is -2.14. The number of H-pyrrole nitrogens is 1. The Bertz CT molecular complexity index is 1200. The van der Waals surface area contributed by atoms with Gasteiger partial charge in [0.1, 0.15) is 11.5 Å². The summed E-state index contributed by atoms with van der Waals surface area (Å²) in [5, 5.41) is 11.7. The zero-order valence-electron chi connectivity index (χ0n) is 19.3. The average molecular weight is 493 g/mol. The molecule has 2 heterocycles. The van der Waals surface area contributed by atoms with Crippen LogP contribution in [-0.4, -0.2) is 39.1 Å². The highest BCUT2D eigenvalue weighted by Crippen LogP contribution is 2.29. The van der Waals surface area contributed by atoms with Gasteiger partial charge in [-0.1, -0.05) is 13.0 Å². The van der Waals surface area contributed by atoms with Crippen molar-refractivity contribution in [2.24, 2.45) is 5.92 Å². The van der Waals surface area contributed by atoms with Crippen molar-refractivity contribution in [1.82, 2.24) is 14.8 Å². The number of aliphatic carboxylic acids is 1. The fraction of sp³-hybridized carbons (Fsp3) is 0.375. The van der Waals surface area contributed by atoms with Crippen LogP contribution in [0.3, 0.4) is 0 Å². The minimum atomic E-state index is -4.48. The maximum atomic E-state index is 12.7. The molecule has 2 aromatic heterocycles. The molecule has 0 aliphatic rings. The molecule has 8 nitrogen and oxygen atoms in total. The van der Waals surface area contributed by atoms with Crippen LogP contribution < -0.4 is 15.0 Å². The van der Waals surface area contributed by atoms with E-state index in [9.17, 15) is 22.8 Å². The van der Waals surface area contributed by atoms with Crippen LogP contribution in [0.15, 0.2) is 47.5 Å². The first-order chi connectivity index (χ1) is 16.6. The van der Waals surface area contributed by atoms with Gasteiger partial charge in [0.15, 0.2) is 5.82 Å². The Labute approximate surface area is 199 Å². The highest BCUT2D eigenvalue weighted by Gasteiger charge is 2.30. The molecule has 0 saturated carbocycles. The Kier molecular flexibility index (Phi) is 8.21. The van der Waals surface area contributed by atoms with Crippen LogP contribution >= 0.6 is 0 Å². The summed E-state index contributed by atoms with van der Waals surface area (Å²) in [6.07, 6.45) is -1.04. The van der Waals surface area contributed by atoms with Gasteiger partial charge in [0, 0.05) is 24.0 Å². The van der Waals surface area contributed by atoms with E-state index in [2.05, 4.69) is 10.1 Å². The lowest BCUT2D eigenvalue weighted by molar-refractivity contribution is -0.141. The second-order valence-corrected chi connectivity index (χ2v) is 7.97. The SMILES string of the molecule is CCOc1cc(OCCCc2cn(-c3ccc(C(F)(F)F)cn3)[nH]c2=O)ccc1CC(C)C(=O)O. The zero-order valence-corrected chi connectivity index (χ0v) is 19.3. The van der Waals surface area contributed by atoms with Crippen LogP contribution in [-0.2, 0) is 23.8 Å². The van der Waals surface area contributed by atoms with Crippen molar-refractivity contribution >= 4 is 5.97 Å². The number of carbonyl (C=O) groups is 1. The molecule has 188 valence electrons. The van der Waals surface area contributed by atoms with Gasteiger partial charge in [-0.25, -0.2) is 9.67 Å². The first-order valence-electron chi connectivity index (χ1n) is 11.0. The van der Waals surface area contributed by atoms with E-state index in [1.165, 1.54) is 16.9 Å². The number of hydrogen-bond donors (Lipinski definition) is 2. The molecule has 0 saturated heterocycles. The number of pyridine rings is 1. The molecule has 1 aromatic carbocycles. The Morgan fingerprint density at radius 2 is 1.97 bits per heavy atom. The molecular formula is C24H26F3N3O5. The summed E-state index contributed by atoms with van der Waals surface area (Å²) >= 11 is 0. The molecule has 11 heteroatoms. The molecule has 0 fully saturated rings. The molecule has 1 unspecified atom stereocenters. The van der Waals surface area contributed by atoms with Crippen molar-refractivity contribution < 1.29 is 32.5 Å². The number of ether oxygens (including phenoxy) is 2. The Balaban J connectivity index is 1.58. The molecule has 35 heavy (non-hydrogen) atoms. The number of carboxylic acid groups (broad SMARTS) is 1. The summed E-state index contributed by atoms with van der Waals surface area (Å²) in [4.78, 5) is 27.1. The van der Waals surface area contributed by atoms with Gasteiger partial charge in [-0.2, -0.15) is 13.2 Å². The summed E-state index contributed by atoms with van der Waals surface area (Å²) in [6, 6.07) is 7.32. The van der Waals surface area contributed by atoms with E-state index in [-0.39, 0.29) is 11.4 Å². The van der Waals surface area contributed by atoms with E-state index in [1.54, 1.807) is 25.1 Å². The number of aromatic nitrogens is 3. The van der Waals surface area contributed by atoms with Crippen LogP contribution in [0.4, 0.5) is 13.2 Å². The fourth-order valence-corrected chi connectivity index (χ4v) is 3.38. The second-order valence-electron chi connectivity index (χ2n) is 7.97. The van der Waals surface area contributed by atoms with E-state index >= 15 is 0 Å². The number of aromatic amines is 1. The van der Waals surface area contributed by atoms with Crippen molar-refractivity contribution in [1.29, 1.82) is 0 Å². The van der Waals surface area contributed by atoms with E-state index in [0.717, 1.165) is 11.6 Å². The minimum absolute atomic E-state index is 0.165. The standard InChI is InChI=1S/C24H26F3N3O5/c1-3-34-20-12-19(8-6-16(20)11-15(2)23(32)33)35-10-4-5-17-14-30(29-22(17)31)21-9-7-18(13-28-21)24(25,26)27/h6-9,12-15H,3-5,10-11H2,1-2H3,(H,29,31)(H,32,33). The lowest BCUT2D eigenvalue weighted by Crippen LogP contribution is -2.13. The summed E-state index contributed by atoms with van der Waals surface area (Å²) < 4.78 is 50.8. The molecule has 0 aliphatic heterocycles. The van der Waals surface area contributed by atoms with Gasteiger partial charge in [-0.15, -0.1) is 0 Å². The van der Waals surface area contributed by atoms with Gasteiger partial charge in [0.2, 0.25) is 0 Å². The van der Waals surface area contributed by atoms with Gasteiger partial charge in [0.05, 0.1) is 24.7 Å². The van der Waals surface area contributed by atoms with Crippen LogP contribution in [0.5, 0.6) is 11.5 Å². The van der Waals surface area contributed by atoms with Crippen LogP contribution in [0.2, 0.25) is 0 Å². The van der Waals surface area contributed by atoms with Gasteiger partial charge in [-0.05, 0) is 49.9 Å². The zero-order chi connectivity index (χ0) is 25.6. The van der Waals surface area contributed by atoms with Gasteiger partial charge < -0.3 is 14.6 Å². The number of alkyl halides is 3. The molecule has 3 rings (SSSR count). The second kappa shape index (κ2) is 11.1. The molecule has 0 amide bonds. The minimum Gasteiger partial charge on any atom is -0.493 e. The van der Waals surface area contributed by atoms with Gasteiger partial charge in [0.25, 0.3) is 5.56 Å². The van der Waals surface area contributed by atoms with Crippen molar-refractivity contribution in [3.8, 4) is 17.3 Å². The van der Waals surface area contributed by atoms with Gasteiger partial charge >= 0.3 is 12.1 Å². The summed E-state index contributed by atoms with van der Waals surface area (Å²) in [7, 11) is 0. The van der Waals surface area contributed by atoms with Crippen molar-refractivity contribution in [3.05, 3.63) is 69.8 Å². The third kappa shape index (κ3) is 6.87. The largest absolute Gasteiger partial charge is 0.493 e. The third-order valence-corrected chi connectivity index (χ3v) is 5.27. The molecule has 3 aromatic rings. The number of carboxylic acids is 1. The Morgan fingerprint density at radius 1 is 1.20 bits per heavy atom. The molecule has 0 radical (unpaired) electrons. The quantitative estimate of drug-likeness (QED) is 0.387. The van der Waals surface area contributed by atoms with Crippen LogP contribution in [0.1, 0.15) is 37.0 Å². The maximum Gasteiger partial charge on any atom is 0.417 e. The molecule has 0 bridgehead atoms. The predicted molar refractivity (Wildman–Crippen MR) is 121 cm³/mol. The topological polar surface area (TPSA) is 106 Å². The van der Waals surface area contributed by atoms with Crippen molar-refractivity contribution in [2.45, 2.75) is 39.3 Å². The highest BCUT2D eigenvalue weighted by atomic mass is 19.4. The lowest BCUT2D eigenvalue weighted by atomic mass is 10.0. The number of nitrogens with zero attached hydrogens (tertiary/aromatic N) is 2. The fourth-order valence-electron chi connectivity index (χ4n) is 3.38. The number of rotatable bonds is 11. The molecular weight excluding hydrogens is 467 g/mol. The average Bonchev–Trinajstić information content (AvgIpc) is 3.18. The molecule has 0 aliphatic carbocycles. The maximum absolute atomic E-state index is 12.7. The number of halogens is 3. The molecule has 1 atom stereocenters. The van der Waals surface area contributed by atoms with Crippen molar-refractivity contribution in [3.63, 3.8) is 0 Å². The van der Waals surface area contributed by atoms with E-state index < -0.39 is 23.6 Å². The van der Waals surface area contributed by atoms with Gasteiger partial charge in [-0.3, -0.25) is 14.7 Å².